The molecule has 0 bridgehead atoms. The lowest BCUT2D eigenvalue weighted by atomic mass is 9.78. The van der Waals surface area contributed by atoms with Gasteiger partial charge in [0, 0.05) is 42.6 Å². The van der Waals surface area contributed by atoms with E-state index in [1.807, 2.05) is 13.8 Å². The van der Waals surface area contributed by atoms with E-state index in [9.17, 15) is 38.8 Å². The van der Waals surface area contributed by atoms with Gasteiger partial charge in [0.25, 0.3) is 23.6 Å². The number of carbonyl (C=O) groups is 6. The summed E-state index contributed by atoms with van der Waals surface area (Å²) in [5.74, 6) is -3.64. The number of hydrogen-bond acceptors (Lipinski definition) is 11. The molecular weight excluding hydrogens is 638 g/mol. The molecular formula is C32H36B2N4O11. The Morgan fingerprint density at radius 3 is 2.14 bits per heavy atom. The van der Waals surface area contributed by atoms with Crippen LogP contribution in [0.5, 0.6) is 0 Å². The second kappa shape index (κ2) is 14.1. The van der Waals surface area contributed by atoms with Crippen LogP contribution in [0.4, 0.5) is 0 Å². The van der Waals surface area contributed by atoms with Gasteiger partial charge in [-0.25, -0.2) is 4.79 Å². The van der Waals surface area contributed by atoms with Crippen LogP contribution in [0.2, 0.25) is 0 Å². The minimum Gasteiger partial charge on any atom is -0.423 e. The van der Waals surface area contributed by atoms with Gasteiger partial charge in [0.15, 0.2) is 0 Å². The quantitative estimate of drug-likeness (QED) is 0.172. The molecule has 0 aliphatic carbocycles. The zero-order valence-electron chi connectivity index (χ0n) is 27.0. The zero-order valence-corrected chi connectivity index (χ0v) is 27.0. The second-order valence-corrected chi connectivity index (χ2v) is 13.1. The number of hydrogen-bond donors (Lipinski definition) is 4. The van der Waals surface area contributed by atoms with Gasteiger partial charge in [-0.2, -0.15) is 0 Å². The highest BCUT2D eigenvalue weighted by Crippen LogP contribution is 2.24. The van der Waals surface area contributed by atoms with Crippen LogP contribution in [-0.2, 0) is 46.5 Å². The first-order chi connectivity index (χ1) is 23.4. The number of likely N-dealkylation sites (tertiary alicyclic amines) is 1. The van der Waals surface area contributed by atoms with E-state index in [4.69, 9.17) is 14.1 Å². The molecule has 0 radical (unpaired) electrons. The van der Waals surface area contributed by atoms with Crippen LogP contribution in [0.25, 0.3) is 0 Å². The minimum absolute atomic E-state index is 0.0223. The largest absolute Gasteiger partial charge is 0.491 e. The van der Waals surface area contributed by atoms with Gasteiger partial charge in [-0.1, -0.05) is 26.0 Å². The fourth-order valence-corrected chi connectivity index (χ4v) is 6.61. The highest BCUT2D eigenvalue weighted by molar-refractivity contribution is 6.62. The van der Waals surface area contributed by atoms with E-state index in [1.165, 1.54) is 11.0 Å². The summed E-state index contributed by atoms with van der Waals surface area (Å²) in [7, 11) is -2.33. The number of amides is 5. The summed E-state index contributed by atoms with van der Waals surface area (Å²) in [5, 5.41) is 26.5. The molecule has 0 spiro atoms. The molecule has 0 unspecified atom stereocenters. The molecule has 0 aromatic heterocycles. The Morgan fingerprint density at radius 1 is 0.939 bits per heavy atom. The van der Waals surface area contributed by atoms with E-state index in [1.54, 1.807) is 30.3 Å². The van der Waals surface area contributed by atoms with E-state index < -0.39 is 67.9 Å². The first-order valence-corrected chi connectivity index (χ1v) is 16.2. The SMILES string of the molecule is CC(C)C[C@@H](CC(=O)ON1C(=O)CCC1=O)NC(=O)[C@@H]1C[C@@H](NC(=O)c2ccc3c(c2)B(O)OC3)CN1C(=O)c1ccc2c(c1)B(O)OC2. The zero-order chi connectivity index (χ0) is 35.0. The Bertz CT molecular complexity index is 1690. The summed E-state index contributed by atoms with van der Waals surface area (Å²) >= 11 is 0. The molecule has 6 rings (SSSR count). The van der Waals surface area contributed by atoms with Crippen molar-refractivity contribution in [3.05, 3.63) is 58.7 Å². The van der Waals surface area contributed by atoms with Crippen molar-refractivity contribution in [3.63, 3.8) is 0 Å². The molecule has 2 aromatic carbocycles. The topological polar surface area (TPSA) is 201 Å². The van der Waals surface area contributed by atoms with Gasteiger partial charge in [-0.3, -0.25) is 24.0 Å². The van der Waals surface area contributed by atoms with Crippen molar-refractivity contribution in [3.8, 4) is 0 Å². The molecule has 2 fully saturated rings. The number of benzene rings is 2. The van der Waals surface area contributed by atoms with Crippen molar-refractivity contribution >= 4 is 60.7 Å². The summed E-state index contributed by atoms with van der Waals surface area (Å²) in [4.78, 5) is 84.3. The molecule has 256 valence electrons. The number of imide groups is 1. The van der Waals surface area contributed by atoms with Gasteiger partial charge in [0.05, 0.1) is 19.6 Å². The fraction of sp³-hybridized carbons (Fsp3) is 0.438. The van der Waals surface area contributed by atoms with Crippen molar-refractivity contribution in [2.75, 3.05) is 6.54 Å². The van der Waals surface area contributed by atoms with Crippen LogP contribution in [0.3, 0.4) is 0 Å². The van der Waals surface area contributed by atoms with E-state index in [2.05, 4.69) is 10.6 Å². The molecule has 4 aliphatic rings. The molecule has 4 aliphatic heterocycles. The van der Waals surface area contributed by atoms with Crippen molar-refractivity contribution in [1.82, 2.24) is 20.6 Å². The molecule has 3 atom stereocenters. The van der Waals surface area contributed by atoms with Crippen molar-refractivity contribution in [2.24, 2.45) is 5.92 Å². The van der Waals surface area contributed by atoms with E-state index >= 15 is 0 Å². The van der Waals surface area contributed by atoms with Crippen LogP contribution in [0, 0.1) is 5.92 Å². The van der Waals surface area contributed by atoms with Gasteiger partial charge in [0.2, 0.25) is 5.91 Å². The Hall–Kier alpha value is -4.57. The highest BCUT2D eigenvalue weighted by Gasteiger charge is 2.42. The first-order valence-electron chi connectivity index (χ1n) is 16.2. The number of rotatable bonds is 10. The van der Waals surface area contributed by atoms with Crippen molar-refractivity contribution in [2.45, 2.75) is 77.3 Å². The third-order valence-corrected chi connectivity index (χ3v) is 9.04. The number of carbonyl (C=O) groups excluding carboxylic acids is 6. The van der Waals surface area contributed by atoms with Crippen LogP contribution < -0.4 is 21.6 Å². The summed E-state index contributed by atoms with van der Waals surface area (Å²) < 4.78 is 10.5. The number of hydroxylamine groups is 2. The average molecular weight is 674 g/mol. The summed E-state index contributed by atoms with van der Waals surface area (Å²) in [5.41, 5.74) is 2.92. The normalized spacial score (nSPS) is 20.5. The van der Waals surface area contributed by atoms with Crippen LogP contribution in [-0.4, -0.2) is 94.4 Å². The molecule has 5 amide bonds. The standard InChI is InChI=1S/C32H36B2N4O11/c1-17(2)9-22(13-29(41)49-38-27(39)7-8-28(38)40)35-31(43)26-12-23(36-30(42)18-3-5-20-15-47-33(45)24(20)10-18)14-37(26)32(44)19-4-6-21-16-48-34(46)25(21)11-19/h3-6,10-11,17,22-23,26,45-46H,7-9,12-16H2,1-2H3,(H,35,43)(H,36,42)/t22-,23+,26-/m0/s1. The number of nitrogens with zero attached hydrogens (tertiary/aromatic N) is 2. The Labute approximate surface area is 282 Å². The minimum atomic E-state index is -1.19. The molecule has 49 heavy (non-hydrogen) atoms. The predicted octanol–water partition coefficient (Wildman–Crippen LogP) is -1.34. The Kier molecular flexibility index (Phi) is 9.88. The third kappa shape index (κ3) is 7.39. The maximum absolute atomic E-state index is 14.0. The summed E-state index contributed by atoms with van der Waals surface area (Å²) in [6.45, 7) is 4.19. The molecule has 4 heterocycles. The smallest absolute Gasteiger partial charge is 0.423 e. The summed E-state index contributed by atoms with van der Waals surface area (Å²) in [6.07, 6.45) is -0.0496. The Morgan fingerprint density at radius 2 is 1.53 bits per heavy atom. The van der Waals surface area contributed by atoms with E-state index in [0.29, 0.717) is 22.4 Å². The molecule has 2 aromatic rings. The third-order valence-electron chi connectivity index (χ3n) is 9.04. The van der Waals surface area contributed by atoms with E-state index in [0.717, 1.165) is 11.1 Å². The first kappa shape index (κ1) is 34.3. The Balaban J connectivity index is 1.20. The lowest BCUT2D eigenvalue weighted by molar-refractivity contribution is -0.197. The summed E-state index contributed by atoms with van der Waals surface area (Å²) in [6, 6.07) is 7.16. The molecule has 17 heteroatoms. The maximum Gasteiger partial charge on any atom is 0.491 e. The molecule has 4 N–H and O–H groups in total. The lowest BCUT2D eigenvalue weighted by Crippen LogP contribution is -2.50. The van der Waals surface area contributed by atoms with Gasteiger partial charge < -0.3 is 39.7 Å². The van der Waals surface area contributed by atoms with Gasteiger partial charge in [-0.15, -0.1) is 5.06 Å². The van der Waals surface area contributed by atoms with E-state index in [-0.39, 0.29) is 62.5 Å². The molecule has 0 saturated carbocycles. The van der Waals surface area contributed by atoms with Gasteiger partial charge in [-0.05, 0) is 65.1 Å². The predicted molar refractivity (Wildman–Crippen MR) is 172 cm³/mol. The maximum atomic E-state index is 14.0. The molecule has 15 nitrogen and oxygen atoms in total. The molecule has 2 saturated heterocycles. The average Bonchev–Trinajstić information content (AvgIpc) is 3.83. The fourth-order valence-electron chi connectivity index (χ4n) is 6.61. The van der Waals surface area contributed by atoms with Crippen LogP contribution in [0.15, 0.2) is 36.4 Å². The van der Waals surface area contributed by atoms with Gasteiger partial charge in [0.1, 0.15) is 6.04 Å². The lowest BCUT2D eigenvalue weighted by Gasteiger charge is -2.27. The van der Waals surface area contributed by atoms with Crippen LogP contribution >= 0.6 is 0 Å². The monoisotopic (exact) mass is 674 g/mol. The van der Waals surface area contributed by atoms with Crippen molar-refractivity contribution < 1.29 is 53.0 Å². The highest BCUT2D eigenvalue weighted by atomic mass is 16.7. The van der Waals surface area contributed by atoms with Crippen molar-refractivity contribution in [1.29, 1.82) is 0 Å². The number of fused-ring (bicyclic) bond motifs is 2. The van der Waals surface area contributed by atoms with Crippen LogP contribution in [0.1, 0.15) is 77.8 Å². The second-order valence-electron chi connectivity index (χ2n) is 13.1. The number of nitrogens with one attached hydrogen (secondary N) is 2. The van der Waals surface area contributed by atoms with Gasteiger partial charge >= 0.3 is 20.2 Å².